The predicted molar refractivity (Wildman–Crippen MR) is 420 cm³/mol. The molecule has 0 aromatic rings. The Labute approximate surface area is 690 Å². The van der Waals surface area contributed by atoms with E-state index in [1.807, 2.05) is 6.08 Å². The number of carbonyl (C=O) groups is 3. The van der Waals surface area contributed by atoms with Gasteiger partial charge in [-0.3, -0.25) is 14.4 Å². The average Bonchev–Trinajstić information content (AvgIpc) is 0.763. The molecule has 0 spiro atoms. The molecule has 0 aromatic heterocycles. The summed E-state index contributed by atoms with van der Waals surface area (Å²) in [6, 6.07) is -4.63. The maximum absolute atomic E-state index is 13.6. The molecule has 12 unspecified atom stereocenters. The Morgan fingerprint density at radius 3 is 1.19 bits per heavy atom. The molecule has 0 radical (unpaired) electrons. The Morgan fingerprint density at radius 2 is 0.709 bits per heavy atom. The summed E-state index contributed by atoms with van der Waals surface area (Å²) in [5.74, 6) is -2.01. The molecular formula is C82H149N3O32. The molecule has 6 saturated heterocycles. The highest BCUT2D eigenvalue weighted by atomic mass is 16.8. The van der Waals surface area contributed by atoms with Crippen molar-refractivity contribution in [3.8, 4) is 0 Å². The van der Waals surface area contributed by atoms with Gasteiger partial charge in [-0.1, -0.05) is 219 Å². The van der Waals surface area contributed by atoms with E-state index < -0.39 is 248 Å². The van der Waals surface area contributed by atoms with Crippen molar-refractivity contribution in [2.45, 2.75) is 449 Å². The number of aliphatic hydroxyl groups excluding tert-OH is 17. The van der Waals surface area contributed by atoms with Gasteiger partial charge in [0.05, 0.1) is 57.9 Å². The molecule has 0 saturated carbocycles. The van der Waals surface area contributed by atoms with Gasteiger partial charge in [0.1, 0.15) is 140 Å². The van der Waals surface area contributed by atoms with Crippen LogP contribution in [0.2, 0.25) is 0 Å². The van der Waals surface area contributed by atoms with E-state index in [1.54, 1.807) is 6.08 Å². The normalized spacial score (nSPS) is 36.1. The maximum atomic E-state index is 13.6. The average molecular weight is 1690 g/mol. The van der Waals surface area contributed by atoms with Crippen LogP contribution >= 0.6 is 0 Å². The van der Waals surface area contributed by atoms with Gasteiger partial charge in [0.25, 0.3) is 0 Å². The van der Waals surface area contributed by atoms with Crippen LogP contribution in [0.1, 0.15) is 253 Å². The number of allylic oxidation sites excluding steroid dienone is 1. The van der Waals surface area contributed by atoms with E-state index in [4.69, 9.17) is 56.8 Å². The first-order chi connectivity index (χ1) is 56.3. The van der Waals surface area contributed by atoms with Gasteiger partial charge >= 0.3 is 0 Å². The number of amides is 3. The number of aliphatic hydroxyl groups is 17. The molecule has 684 valence electrons. The zero-order valence-corrected chi connectivity index (χ0v) is 69.6. The monoisotopic (exact) mass is 1690 g/mol. The van der Waals surface area contributed by atoms with Gasteiger partial charge < -0.3 is 160 Å². The minimum Gasteiger partial charge on any atom is -0.394 e. The molecule has 35 nitrogen and oxygen atoms in total. The SMILES string of the molecule is CCCCCCCCCCCCC/C=C/[C@@H](O)[C@H](CO[C@@H]1OC(CO)[C@@H](O[C@@H]2OC(CO)[C@H](O)[C@H](O[C@@H]3OC(CO)[C@@H](O[C@@H]4OC(CO)[C@H](O)[C@H](O[C@@H]5OC(CO)[C@H](O)[C@H](O)C5NC(C)=O)C4O[C@H]4OC(C)[C@@H](O)C(O)[C@@H]4O)[C@H](O)C3NC(C)=O)C2O)[C@H](O)C1O)NC(=O)CCCCCCCCCCCCCCCCCCCCCCC. The van der Waals surface area contributed by atoms with E-state index in [-0.39, 0.29) is 12.3 Å². The molecule has 0 aliphatic carbocycles. The van der Waals surface area contributed by atoms with E-state index in [0.29, 0.717) is 12.8 Å². The number of hydrogen-bond acceptors (Lipinski definition) is 32. The molecule has 6 aliphatic heterocycles. The van der Waals surface area contributed by atoms with Crippen molar-refractivity contribution in [3.05, 3.63) is 12.2 Å². The molecule has 0 aromatic carbocycles. The fourth-order valence-corrected chi connectivity index (χ4v) is 16.1. The second-order valence-electron chi connectivity index (χ2n) is 32.8. The Morgan fingerprint density at radius 1 is 0.350 bits per heavy atom. The zero-order valence-electron chi connectivity index (χ0n) is 69.6. The van der Waals surface area contributed by atoms with Gasteiger partial charge in [0.15, 0.2) is 37.7 Å². The van der Waals surface area contributed by atoms with Crippen LogP contribution in [0, 0.1) is 0 Å². The summed E-state index contributed by atoms with van der Waals surface area (Å²) < 4.78 is 72.4. The molecule has 0 bridgehead atoms. The van der Waals surface area contributed by atoms with Crippen molar-refractivity contribution in [1.82, 2.24) is 16.0 Å². The lowest BCUT2D eigenvalue weighted by Crippen LogP contribution is -2.71. The number of nitrogens with one attached hydrogen (secondary N) is 3. The zero-order chi connectivity index (χ0) is 85.5. The fraction of sp³-hybridized carbons (Fsp3) is 0.939. The third-order valence-electron chi connectivity index (χ3n) is 23.2. The molecule has 117 heavy (non-hydrogen) atoms. The molecule has 35 heteroatoms. The third kappa shape index (κ3) is 32.8. The summed E-state index contributed by atoms with van der Waals surface area (Å²) >= 11 is 0. The van der Waals surface area contributed by atoms with Crippen LogP contribution in [0.4, 0.5) is 0 Å². The number of ether oxygens (including phenoxy) is 12. The highest BCUT2D eigenvalue weighted by molar-refractivity contribution is 5.76. The lowest BCUT2D eigenvalue weighted by molar-refractivity contribution is -0.402. The van der Waals surface area contributed by atoms with Crippen molar-refractivity contribution in [2.24, 2.45) is 0 Å². The van der Waals surface area contributed by atoms with Crippen LogP contribution in [-0.4, -0.2) is 340 Å². The van der Waals surface area contributed by atoms with Crippen molar-refractivity contribution in [1.29, 1.82) is 0 Å². The van der Waals surface area contributed by atoms with Gasteiger partial charge in [-0.15, -0.1) is 0 Å². The first-order valence-electron chi connectivity index (χ1n) is 43.8. The second-order valence-corrected chi connectivity index (χ2v) is 32.8. The summed E-state index contributed by atoms with van der Waals surface area (Å²) in [7, 11) is 0. The van der Waals surface area contributed by atoms with E-state index in [9.17, 15) is 101 Å². The number of carbonyl (C=O) groups excluding carboxylic acids is 3. The van der Waals surface area contributed by atoms with Crippen LogP contribution < -0.4 is 16.0 Å². The van der Waals surface area contributed by atoms with E-state index in [1.165, 1.54) is 155 Å². The Bertz CT molecular complexity index is 2690. The molecule has 6 fully saturated rings. The van der Waals surface area contributed by atoms with Crippen molar-refractivity contribution >= 4 is 17.7 Å². The van der Waals surface area contributed by atoms with Gasteiger partial charge in [-0.05, 0) is 26.2 Å². The Hall–Kier alpha value is -3.01. The molecule has 6 heterocycles. The smallest absolute Gasteiger partial charge is 0.220 e. The number of rotatable bonds is 57. The van der Waals surface area contributed by atoms with Crippen LogP contribution in [0.5, 0.6) is 0 Å². The van der Waals surface area contributed by atoms with Gasteiger partial charge in [-0.2, -0.15) is 0 Å². The highest BCUT2D eigenvalue weighted by Gasteiger charge is 2.59. The van der Waals surface area contributed by atoms with Crippen molar-refractivity contribution in [3.63, 3.8) is 0 Å². The maximum Gasteiger partial charge on any atom is 0.220 e. The summed E-state index contributed by atoms with van der Waals surface area (Å²) in [6.07, 6.45) is -12.0. The van der Waals surface area contributed by atoms with Crippen LogP contribution in [0.3, 0.4) is 0 Å². The summed E-state index contributed by atoms with van der Waals surface area (Å²) in [4.78, 5) is 39.2. The predicted octanol–water partition coefficient (Wildman–Crippen LogP) is 0.944. The second kappa shape index (κ2) is 56.1. The first-order valence-corrected chi connectivity index (χ1v) is 43.8. The molecule has 6 rings (SSSR count). The van der Waals surface area contributed by atoms with E-state index >= 15 is 0 Å². The van der Waals surface area contributed by atoms with Crippen molar-refractivity contribution < 1.29 is 158 Å². The standard InChI is InChI=1S/C82H149N3O32/c1-6-8-10-12-14-16-18-20-21-22-23-24-25-26-27-29-31-33-35-37-39-41-58(94)85-51(52(93)40-38-36-34-32-30-28-19-17-15-13-11-9-7-2)47-106-79-70(104)68(102)73(57(46-90)112-79)113-81-71(105)74(63(97)54(43-87)109-81)115-78-60(84-50(5)92)66(100)72(56(45-89)111-78)114-82-76(117-80-69(103)67(101)61(95)48(3)107-80)75(64(98)55(44-88)110-82)116-77-59(83-49(4)91)65(99)62(96)53(42-86)108-77/h38,40,48,51-57,59-82,86-90,93,95-105H,6-37,39,41-47H2,1-5H3,(H,83,91)(H,84,92)(H,85,94)/b40-38+/t48?,51-,52+,53?,54?,55?,56?,57?,59?,60?,61+,62-,63-,64-,65+,66+,67?,68+,69-,70?,71?,72+,73+,74-,75-,76?,77-,78-,79+,80+,81-,82-/m0/s1. The molecule has 20 N–H and O–H groups in total. The lowest BCUT2D eigenvalue weighted by Gasteiger charge is -2.51. The first kappa shape index (κ1) is 103. The highest BCUT2D eigenvalue weighted by Crippen LogP contribution is 2.39. The summed E-state index contributed by atoms with van der Waals surface area (Å²) in [6.45, 7) is 2.31. The van der Waals surface area contributed by atoms with Crippen molar-refractivity contribution in [2.75, 3.05) is 39.6 Å². The molecule has 32 atom stereocenters. The van der Waals surface area contributed by atoms with Gasteiger partial charge in [0.2, 0.25) is 17.7 Å². The summed E-state index contributed by atoms with van der Waals surface area (Å²) in [5, 5.41) is 199. The fourth-order valence-electron chi connectivity index (χ4n) is 16.1. The lowest BCUT2D eigenvalue weighted by atomic mass is 9.93. The minimum atomic E-state index is -2.22. The summed E-state index contributed by atoms with van der Waals surface area (Å²) in [5.41, 5.74) is 0. The minimum absolute atomic E-state index is 0.175. The van der Waals surface area contributed by atoms with Crippen LogP contribution in [0.25, 0.3) is 0 Å². The number of hydrogen-bond donors (Lipinski definition) is 20. The molecule has 3 amide bonds. The number of unbranched alkanes of at least 4 members (excludes halogenated alkanes) is 31. The topological polar surface area (TPSA) is 542 Å². The van der Waals surface area contributed by atoms with Crippen LogP contribution in [0.15, 0.2) is 12.2 Å². The van der Waals surface area contributed by atoms with Gasteiger partial charge in [-0.25, -0.2) is 0 Å². The third-order valence-corrected chi connectivity index (χ3v) is 23.2. The van der Waals surface area contributed by atoms with Gasteiger partial charge in [0, 0.05) is 20.3 Å². The Balaban J connectivity index is 1.10. The van der Waals surface area contributed by atoms with E-state index in [0.717, 1.165) is 65.2 Å². The van der Waals surface area contributed by atoms with Crippen LogP contribution in [-0.2, 0) is 71.2 Å². The van der Waals surface area contributed by atoms with E-state index in [2.05, 4.69) is 29.8 Å². The molecular weight excluding hydrogens is 1540 g/mol. The largest absolute Gasteiger partial charge is 0.394 e. The Kier molecular flexibility index (Phi) is 49.2. The quantitative estimate of drug-likeness (QED) is 0.0298. The molecule has 6 aliphatic rings.